The van der Waals surface area contributed by atoms with E-state index in [0.29, 0.717) is 24.6 Å². The first-order valence-electron chi connectivity index (χ1n) is 6.46. The van der Waals surface area contributed by atoms with E-state index in [9.17, 15) is 4.79 Å². The second-order valence-corrected chi connectivity index (χ2v) is 5.10. The molecule has 0 aliphatic heterocycles. The van der Waals surface area contributed by atoms with Crippen LogP contribution in [0.5, 0.6) is 0 Å². The summed E-state index contributed by atoms with van der Waals surface area (Å²) < 4.78 is 4.89. The molecule has 0 aliphatic rings. The first kappa shape index (κ1) is 14.5. The summed E-state index contributed by atoms with van der Waals surface area (Å²) in [5.74, 6) is 1.19. The van der Waals surface area contributed by atoms with Crippen molar-refractivity contribution >= 4 is 17.7 Å². The van der Waals surface area contributed by atoms with Gasteiger partial charge in [0.25, 0.3) is 0 Å². The largest absolute Gasteiger partial charge is 0.466 e. The smallest absolute Gasteiger partial charge is 0.306 e. The zero-order valence-electron chi connectivity index (χ0n) is 11.3. The van der Waals surface area contributed by atoms with Gasteiger partial charge in [-0.15, -0.1) is 11.8 Å². The van der Waals surface area contributed by atoms with Crippen molar-refractivity contribution in [3.05, 3.63) is 42.6 Å². The highest BCUT2D eigenvalue weighted by molar-refractivity contribution is 7.99. The molecule has 1 aromatic carbocycles. The number of thioether (sulfide) groups is 1. The molecule has 1 heterocycles. The molecule has 0 aliphatic carbocycles. The number of hydrogen-bond acceptors (Lipinski definition) is 5. The summed E-state index contributed by atoms with van der Waals surface area (Å²) in [6, 6.07) is 11.7. The average Bonchev–Trinajstić information content (AvgIpc) is 2.49. The number of benzene rings is 1. The number of esters is 1. The monoisotopic (exact) mass is 288 g/mol. The Balaban J connectivity index is 1.95. The van der Waals surface area contributed by atoms with Gasteiger partial charge in [0, 0.05) is 17.5 Å². The quantitative estimate of drug-likeness (QED) is 0.464. The number of hydrogen-bond donors (Lipinski definition) is 0. The lowest BCUT2D eigenvalue weighted by atomic mass is 10.2. The SMILES string of the molecule is CCOC(=O)CCSc1ccnc(-c2ccccc2)n1. The summed E-state index contributed by atoms with van der Waals surface area (Å²) in [5, 5.41) is 0.864. The fourth-order valence-corrected chi connectivity index (χ4v) is 2.41. The van der Waals surface area contributed by atoms with Crippen molar-refractivity contribution in [3.63, 3.8) is 0 Å². The summed E-state index contributed by atoms with van der Waals surface area (Å²) in [6.45, 7) is 2.23. The molecule has 0 unspecified atom stereocenters. The molecule has 0 N–H and O–H groups in total. The minimum Gasteiger partial charge on any atom is -0.466 e. The van der Waals surface area contributed by atoms with Crippen LogP contribution in [0.4, 0.5) is 0 Å². The van der Waals surface area contributed by atoms with Crippen LogP contribution in [0.15, 0.2) is 47.6 Å². The Hall–Kier alpha value is -1.88. The Labute approximate surface area is 122 Å². The van der Waals surface area contributed by atoms with Gasteiger partial charge in [-0.05, 0) is 13.0 Å². The Morgan fingerprint density at radius 2 is 2.05 bits per heavy atom. The fraction of sp³-hybridized carbons (Fsp3) is 0.267. The Morgan fingerprint density at radius 1 is 1.25 bits per heavy atom. The van der Waals surface area contributed by atoms with Gasteiger partial charge in [-0.25, -0.2) is 9.97 Å². The number of carbonyl (C=O) groups is 1. The molecular formula is C15H16N2O2S. The maximum absolute atomic E-state index is 11.3. The van der Waals surface area contributed by atoms with Gasteiger partial charge in [0.15, 0.2) is 5.82 Å². The third-order valence-corrected chi connectivity index (χ3v) is 3.45. The standard InChI is InChI=1S/C15H16N2O2S/c1-2-19-14(18)9-11-20-13-8-10-16-15(17-13)12-6-4-3-5-7-12/h3-8,10H,2,9,11H2,1H3. The van der Waals surface area contributed by atoms with Gasteiger partial charge >= 0.3 is 5.97 Å². The summed E-state index contributed by atoms with van der Waals surface area (Å²) in [6.07, 6.45) is 2.13. The lowest BCUT2D eigenvalue weighted by Gasteiger charge is -2.04. The van der Waals surface area contributed by atoms with Crippen LogP contribution in [0.2, 0.25) is 0 Å². The summed E-state index contributed by atoms with van der Waals surface area (Å²) in [4.78, 5) is 20.0. The van der Waals surface area contributed by atoms with Gasteiger partial charge in [0.1, 0.15) is 5.03 Å². The van der Waals surface area contributed by atoms with E-state index in [2.05, 4.69) is 9.97 Å². The van der Waals surface area contributed by atoms with E-state index in [4.69, 9.17) is 4.74 Å². The van der Waals surface area contributed by atoms with Crippen LogP contribution in [0.25, 0.3) is 11.4 Å². The number of ether oxygens (including phenoxy) is 1. The summed E-state index contributed by atoms with van der Waals surface area (Å²) in [5.41, 5.74) is 0.986. The highest BCUT2D eigenvalue weighted by Gasteiger charge is 2.05. The number of carbonyl (C=O) groups excluding carboxylic acids is 1. The van der Waals surface area contributed by atoms with Crippen molar-refractivity contribution in [2.75, 3.05) is 12.4 Å². The van der Waals surface area contributed by atoms with Crippen molar-refractivity contribution in [3.8, 4) is 11.4 Å². The second-order valence-electron chi connectivity index (χ2n) is 3.99. The predicted octanol–water partition coefficient (Wildman–Crippen LogP) is 3.19. The Kier molecular flexibility index (Phi) is 5.55. The van der Waals surface area contributed by atoms with Crippen LogP contribution >= 0.6 is 11.8 Å². The lowest BCUT2D eigenvalue weighted by molar-refractivity contribution is -0.142. The number of rotatable bonds is 6. The van der Waals surface area contributed by atoms with E-state index in [0.717, 1.165) is 10.6 Å². The van der Waals surface area contributed by atoms with Crippen LogP contribution in [0.1, 0.15) is 13.3 Å². The minimum atomic E-state index is -0.169. The molecule has 104 valence electrons. The maximum Gasteiger partial charge on any atom is 0.306 e. The van der Waals surface area contributed by atoms with E-state index in [1.165, 1.54) is 11.8 Å². The van der Waals surface area contributed by atoms with Crippen LogP contribution in [-0.2, 0) is 9.53 Å². The molecule has 2 rings (SSSR count). The molecule has 0 amide bonds. The van der Waals surface area contributed by atoms with Crippen LogP contribution in [-0.4, -0.2) is 28.3 Å². The Bertz CT molecular complexity index is 561. The van der Waals surface area contributed by atoms with Gasteiger partial charge < -0.3 is 4.74 Å². The predicted molar refractivity (Wildman–Crippen MR) is 79.4 cm³/mol. The maximum atomic E-state index is 11.3. The molecule has 1 aromatic heterocycles. The fourth-order valence-electron chi connectivity index (χ4n) is 1.62. The van der Waals surface area contributed by atoms with Gasteiger partial charge in [-0.1, -0.05) is 30.3 Å². The van der Waals surface area contributed by atoms with Crippen LogP contribution < -0.4 is 0 Å². The van der Waals surface area contributed by atoms with E-state index in [1.54, 1.807) is 6.20 Å². The first-order valence-corrected chi connectivity index (χ1v) is 7.45. The van der Waals surface area contributed by atoms with Gasteiger partial charge in [-0.2, -0.15) is 0 Å². The number of nitrogens with zero attached hydrogens (tertiary/aromatic N) is 2. The molecule has 0 saturated heterocycles. The lowest BCUT2D eigenvalue weighted by Crippen LogP contribution is -2.04. The molecule has 4 nitrogen and oxygen atoms in total. The van der Waals surface area contributed by atoms with Crippen LogP contribution in [0, 0.1) is 0 Å². The normalized spacial score (nSPS) is 10.2. The number of aromatic nitrogens is 2. The molecule has 0 spiro atoms. The molecule has 0 radical (unpaired) electrons. The average molecular weight is 288 g/mol. The van der Waals surface area contributed by atoms with Crippen molar-refractivity contribution in [2.45, 2.75) is 18.4 Å². The zero-order chi connectivity index (χ0) is 14.2. The molecule has 5 heteroatoms. The van der Waals surface area contributed by atoms with Gasteiger partial charge in [0.05, 0.1) is 13.0 Å². The molecule has 20 heavy (non-hydrogen) atoms. The molecule has 0 fully saturated rings. The van der Waals surface area contributed by atoms with Crippen molar-refractivity contribution < 1.29 is 9.53 Å². The third-order valence-electron chi connectivity index (χ3n) is 2.52. The summed E-state index contributed by atoms with van der Waals surface area (Å²) in [7, 11) is 0. The van der Waals surface area contributed by atoms with Crippen molar-refractivity contribution in [1.29, 1.82) is 0 Å². The van der Waals surface area contributed by atoms with Gasteiger partial charge in [-0.3, -0.25) is 4.79 Å². The van der Waals surface area contributed by atoms with E-state index in [-0.39, 0.29) is 5.97 Å². The van der Waals surface area contributed by atoms with Crippen molar-refractivity contribution in [2.24, 2.45) is 0 Å². The minimum absolute atomic E-state index is 0.169. The second kappa shape index (κ2) is 7.65. The summed E-state index contributed by atoms with van der Waals surface area (Å²) >= 11 is 1.53. The molecule has 0 atom stereocenters. The molecule has 2 aromatic rings. The highest BCUT2D eigenvalue weighted by atomic mass is 32.2. The first-order chi connectivity index (χ1) is 9.79. The van der Waals surface area contributed by atoms with E-state index >= 15 is 0 Å². The topological polar surface area (TPSA) is 52.1 Å². The van der Waals surface area contributed by atoms with Crippen molar-refractivity contribution in [1.82, 2.24) is 9.97 Å². The van der Waals surface area contributed by atoms with E-state index < -0.39 is 0 Å². The molecular weight excluding hydrogens is 272 g/mol. The molecule has 0 saturated carbocycles. The highest BCUT2D eigenvalue weighted by Crippen LogP contribution is 2.20. The zero-order valence-corrected chi connectivity index (χ0v) is 12.1. The van der Waals surface area contributed by atoms with Gasteiger partial charge in [0.2, 0.25) is 0 Å². The van der Waals surface area contributed by atoms with Crippen LogP contribution in [0.3, 0.4) is 0 Å². The van der Waals surface area contributed by atoms with E-state index in [1.807, 2.05) is 43.3 Å². The third kappa shape index (κ3) is 4.35. The molecule has 0 bridgehead atoms. The Morgan fingerprint density at radius 3 is 2.80 bits per heavy atom.